The molecule has 16 heavy (non-hydrogen) atoms. The Hall–Kier alpha value is -1.55. The van der Waals surface area contributed by atoms with Crippen LogP contribution in [0.2, 0.25) is 0 Å². The second kappa shape index (κ2) is 4.53. The van der Waals surface area contributed by atoms with Crippen LogP contribution in [0, 0.1) is 0 Å². The van der Waals surface area contributed by atoms with Crippen LogP contribution in [-0.4, -0.2) is 35.1 Å². The van der Waals surface area contributed by atoms with E-state index in [-0.39, 0.29) is 5.91 Å². The topological polar surface area (TPSA) is 66.6 Å². The molecular formula is C12H16N2O2. The molecule has 3 N–H and O–H groups in total. The Kier molecular flexibility index (Phi) is 3.10. The van der Waals surface area contributed by atoms with E-state index in [1.54, 1.807) is 29.2 Å². The number of piperidine rings is 1. The van der Waals surface area contributed by atoms with Gasteiger partial charge >= 0.3 is 0 Å². The molecule has 0 radical (unpaired) electrons. The lowest BCUT2D eigenvalue weighted by molar-refractivity contribution is 0.0474. The summed E-state index contributed by atoms with van der Waals surface area (Å²) in [6.07, 6.45) is 1.24. The van der Waals surface area contributed by atoms with Crippen molar-refractivity contribution in [2.45, 2.75) is 18.9 Å². The number of nitrogen functional groups attached to an aromatic ring is 1. The Labute approximate surface area is 94.7 Å². The lowest BCUT2D eigenvalue weighted by Gasteiger charge is -2.30. The Morgan fingerprint density at radius 3 is 3.00 bits per heavy atom. The number of hydrogen-bond acceptors (Lipinski definition) is 3. The summed E-state index contributed by atoms with van der Waals surface area (Å²) in [5.74, 6) is -0.0500. The van der Waals surface area contributed by atoms with Gasteiger partial charge in [0.2, 0.25) is 0 Å². The second-order valence-electron chi connectivity index (χ2n) is 4.17. The van der Waals surface area contributed by atoms with E-state index in [2.05, 4.69) is 0 Å². The molecule has 1 atom stereocenters. The molecular weight excluding hydrogens is 204 g/mol. The smallest absolute Gasteiger partial charge is 0.254 e. The number of carbonyl (C=O) groups is 1. The number of likely N-dealkylation sites (tertiary alicyclic amines) is 1. The van der Waals surface area contributed by atoms with Crippen molar-refractivity contribution >= 4 is 11.6 Å². The number of carbonyl (C=O) groups excluding carboxylic acids is 1. The summed E-state index contributed by atoms with van der Waals surface area (Å²) < 4.78 is 0. The largest absolute Gasteiger partial charge is 0.399 e. The number of amides is 1. The van der Waals surface area contributed by atoms with Crippen LogP contribution in [0.4, 0.5) is 5.69 Å². The molecule has 0 spiro atoms. The van der Waals surface area contributed by atoms with Gasteiger partial charge in [0.25, 0.3) is 5.91 Å². The summed E-state index contributed by atoms with van der Waals surface area (Å²) in [6.45, 7) is 1.14. The van der Waals surface area contributed by atoms with Crippen LogP contribution in [0.5, 0.6) is 0 Å². The zero-order valence-electron chi connectivity index (χ0n) is 9.10. The summed E-state index contributed by atoms with van der Waals surface area (Å²) in [6, 6.07) is 6.94. The minimum atomic E-state index is -0.390. The number of anilines is 1. The van der Waals surface area contributed by atoms with Crippen molar-refractivity contribution in [2.75, 3.05) is 18.8 Å². The lowest BCUT2D eigenvalue weighted by atomic mass is 10.1. The predicted molar refractivity (Wildman–Crippen MR) is 62.0 cm³/mol. The number of benzene rings is 1. The molecule has 1 heterocycles. The van der Waals surface area contributed by atoms with Crippen molar-refractivity contribution in [1.29, 1.82) is 0 Å². The van der Waals surface area contributed by atoms with Gasteiger partial charge in [-0.05, 0) is 31.0 Å². The molecule has 1 aromatic carbocycles. The molecule has 0 bridgehead atoms. The van der Waals surface area contributed by atoms with E-state index < -0.39 is 6.10 Å². The SMILES string of the molecule is Nc1cccc(C(=O)N2CCC[C@@H](O)C2)c1. The zero-order chi connectivity index (χ0) is 11.5. The van der Waals surface area contributed by atoms with E-state index in [9.17, 15) is 9.90 Å². The molecule has 2 rings (SSSR count). The number of β-amino-alcohol motifs (C(OH)–C–C–N with tert-alkyl or cyclic N) is 1. The predicted octanol–water partition coefficient (Wildman–Crippen LogP) is 0.866. The fourth-order valence-corrected chi connectivity index (χ4v) is 1.99. The lowest BCUT2D eigenvalue weighted by Crippen LogP contribution is -2.42. The standard InChI is InChI=1S/C12H16N2O2/c13-10-4-1-3-9(7-10)12(16)14-6-2-5-11(15)8-14/h1,3-4,7,11,15H,2,5-6,8,13H2/t11-/m1/s1. The van der Waals surface area contributed by atoms with Gasteiger partial charge in [-0.15, -0.1) is 0 Å². The van der Waals surface area contributed by atoms with E-state index in [0.29, 0.717) is 24.3 Å². The summed E-state index contributed by atoms with van der Waals surface area (Å²) in [5.41, 5.74) is 6.81. The van der Waals surface area contributed by atoms with Gasteiger partial charge in [0, 0.05) is 24.3 Å². The van der Waals surface area contributed by atoms with Gasteiger partial charge in [0.15, 0.2) is 0 Å². The van der Waals surface area contributed by atoms with Crippen molar-refractivity contribution in [1.82, 2.24) is 4.90 Å². The number of hydrogen-bond donors (Lipinski definition) is 2. The summed E-state index contributed by atoms with van der Waals surface area (Å²) in [5, 5.41) is 9.51. The fourth-order valence-electron chi connectivity index (χ4n) is 1.99. The van der Waals surface area contributed by atoms with Crippen LogP contribution in [0.3, 0.4) is 0 Å². The van der Waals surface area contributed by atoms with Gasteiger partial charge in [-0.1, -0.05) is 6.07 Å². The van der Waals surface area contributed by atoms with Gasteiger partial charge in [0.05, 0.1) is 6.10 Å². The van der Waals surface area contributed by atoms with Crippen LogP contribution in [0.15, 0.2) is 24.3 Å². The Morgan fingerprint density at radius 1 is 1.50 bits per heavy atom. The van der Waals surface area contributed by atoms with Crippen molar-refractivity contribution in [2.24, 2.45) is 0 Å². The van der Waals surface area contributed by atoms with Gasteiger partial charge in [-0.25, -0.2) is 0 Å². The maximum atomic E-state index is 12.1. The second-order valence-corrected chi connectivity index (χ2v) is 4.17. The number of aliphatic hydroxyl groups excluding tert-OH is 1. The Morgan fingerprint density at radius 2 is 2.31 bits per heavy atom. The first kappa shape index (κ1) is 11.0. The monoisotopic (exact) mass is 220 g/mol. The average molecular weight is 220 g/mol. The van der Waals surface area contributed by atoms with Crippen LogP contribution < -0.4 is 5.73 Å². The molecule has 0 saturated carbocycles. The minimum absolute atomic E-state index is 0.0500. The van der Waals surface area contributed by atoms with Crippen LogP contribution in [0.25, 0.3) is 0 Å². The maximum Gasteiger partial charge on any atom is 0.254 e. The normalized spacial score (nSPS) is 20.8. The van der Waals surface area contributed by atoms with Crippen molar-refractivity contribution in [3.8, 4) is 0 Å². The van der Waals surface area contributed by atoms with Crippen molar-refractivity contribution in [3.05, 3.63) is 29.8 Å². The maximum absolute atomic E-state index is 12.1. The molecule has 1 aliphatic rings. The molecule has 1 fully saturated rings. The summed E-state index contributed by atoms with van der Waals surface area (Å²) in [4.78, 5) is 13.7. The fraction of sp³-hybridized carbons (Fsp3) is 0.417. The molecule has 0 unspecified atom stereocenters. The number of nitrogens with zero attached hydrogens (tertiary/aromatic N) is 1. The molecule has 86 valence electrons. The summed E-state index contributed by atoms with van der Waals surface area (Å²) in [7, 11) is 0. The van der Waals surface area contributed by atoms with E-state index in [0.717, 1.165) is 12.8 Å². The first-order chi connectivity index (χ1) is 7.66. The van der Waals surface area contributed by atoms with Gasteiger partial charge in [-0.3, -0.25) is 4.79 Å². The van der Waals surface area contributed by atoms with E-state index in [1.807, 2.05) is 0 Å². The molecule has 1 amide bonds. The third-order valence-electron chi connectivity index (χ3n) is 2.82. The number of nitrogens with two attached hydrogens (primary N) is 1. The van der Waals surface area contributed by atoms with Gasteiger partial charge < -0.3 is 15.7 Å². The summed E-state index contributed by atoms with van der Waals surface area (Å²) >= 11 is 0. The molecule has 1 aromatic rings. The van der Waals surface area contributed by atoms with Crippen LogP contribution in [-0.2, 0) is 0 Å². The zero-order valence-corrected chi connectivity index (χ0v) is 9.10. The van der Waals surface area contributed by atoms with E-state index in [1.165, 1.54) is 0 Å². The van der Waals surface area contributed by atoms with E-state index in [4.69, 9.17) is 5.73 Å². The highest BCUT2D eigenvalue weighted by molar-refractivity contribution is 5.95. The molecule has 4 heteroatoms. The minimum Gasteiger partial charge on any atom is -0.399 e. The molecule has 1 aliphatic heterocycles. The third-order valence-corrected chi connectivity index (χ3v) is 2.82. The first-order valence-corrected chi connectivity index (χ1v) is 5.49. The molecule has 4 nitrogen and oxygen atoms in total. The highest BCUT2D eigenvalue weighted by Crippen LogP contribution is 2.15. The van der Waals surface area contributed by atoms with Gasteiger partial charge in [-0.2, -0.15) is 0 Å². The highest BCUT2D eigenvalue weighted by atomic mass is 16.3. The van der Waals surface area contributed by atoms with Crippen molar-refractivity contribution < 1.29 is 9.90 Å². The Balaban J connectivity index is 2.12. The molecule has 1 saturated heterocycles. The third kappa shape index (κ3) is 2.33. The van der Waals surface area contributed by atoms with Gasteiger partial charge in [0.1, 0.15) is 0 Å². The first-order valence-electron chi connectivity index (χ1n) is 5.49. The number of aliphatic hydroxyl groups is 1. The van der Waals surface area contributed by atoms with Crippen LogP contribution >= 0.6 is 0 Å². The average Bonchev–Trinajstić information content (AvgIpc) is 2.28. The number of rotatable bonds is 1. The quantitative estimate of drug-likeness (QED) is 0.690. The van der Waals surface area contributed by atoms with Crippen molar-refractivity contribution in [3.63, 3.8) is 0 Å². The Bertz CT molecular complexity index is 392. The van der Waals surface area contributed by atoms with E-state index >= 15 is 0 Å². The molecule has 0 aliphatic carbocycles. The van der Waals surface area contributed by atoms with Crippen LogP contribution in [0.1, 0.15) is 23.2 Å². The molecule has 0 aromatic heterocycles. The highest BCUT2D eigenvalue weighted by Gasteiger charge is 2.22.